The maximum atomic E-state index is 12.3. The van der Waals surface area contributed by atoms with E-state index in [1.807, 2.05) is 0 Å². The lowest BCUT2D eigenvalue weighted by Crippen LogP contribution is -2.43. The molecule has 0 spiro atoms. The van der Waals surface area contributed by atoms with Crippen molar-refractivity contribution < 1.29 is 17.9 Å². The molecule has 0 bridgehead atoms. The molecule has 0 saturated carbocycles. The number of anilines is 1. The Morgan fingerprint density at radius 3 is 2.60 bits per heavy atom. The number of aryl methyl sites for hydroxylation is 1. The first-order valence-electron chi connectivity index (χ1n) is 6.17. The summed E-state index contributed by atoms with van der Waals surface area (Å²) in [7, 11) is -3.72. The zero-order valence-electron chi connectivity index (χ0n) is 11.1. The van der Waals surface area contributed by atoms with E-state index >= 15 is 0 Å². The number of hydrogen-bond donors (Lipinski definition) is 2. The molecule has 20 heavy (non-hydrogen) atoms. The Bertz CT molecular complexity index is 609. The van der Waals surface area contributed by atoms with Crippen molar-refractivity contribution in [3.8, 4) is 0 Å². The number of morpholine rings is 1. The van der Waals surface area contributed by atoms with Crippen molar-refractivity contribution in [1.29, 1.82) is 0 Å². The van der Waals surface area contributed by atoms with Crippen molar-refractivity contribution in [3.05, 3.63) is 29.3 Å². The topological polar surface area (TPSA) is 102 Å². The summed E-state index contributed by atoms with van der Waals surface area (Å²) in [5.41, 5.74) is 6.29. The van der Waals surface area contributed by atoms with Gasteiger partial charge in [-0.15, -0.1) is 0 Å². The molecular weight excluding hydrogens is 282 g/mol. The molecule has 1 fully saturated rings. The fourth-order valence-corrected chi connectivity index (χ4v) is 3.28. The number of para-hydroxylation sites is 1. The number of nitrogens with zero attached hydrogens (tertiary/aromatic N) is 1. The summed E-state index contributed by atoms with van der Waals surface area (Å²) in [6.45, 7) is 3.00. The van der Waals surface area contributed by atoms with Gasteiger partial charge in [-0.25, -0.2) is 0 Å². The van der Waals surface area contributed by atoms with Crippen LogP contribution in [0.25, 0.3) is 0 Å². The average molecular weight is 299 g/mol. The summed E-state index contributed by atoms with van der Waals surface area (Å²) in [6, 6.07) is 4.86. The Hall–Kier alpha value is -1.64. The van der Waals surface area contributed by atoms with E-state index in [9.17, 15) is 13.2 Å². The molecule has 1 amide bonds. The molecule has 7 nitrogen and oxygen atoms in total. The highest BCUT2D eigenvalue weighted by Gasteiger charge is 2.26. The van der Waals surface area contributed by atoms with Crippen LogP contribution in [0, 0.1) is 6.92 Å². The van der Waals surface area contributed by atoms with Crippen LogP contribution in [0.3, 0.4) is 0 Å². The zero-order valence-corrected chi connectivity index (χ0v) is 11.9. The van der Waals surface area contributed by atoms with Gasteiger partial charge in [-0.3, -0.25) is 9.52 Å². The molecule has 0 atom stereocenters. The Morgan fingerprint density at radius 1 is 1.35 bits per heavy atom. The molecule has 1 aliphatic heterocycles. The fourth-order valence-electron chi connectivity index (χ4n) is 1.99. The van der Waals surface area contributed by atoms with Crippen LogP contribution < -0.4 is 10.5 Å². The molecule has 8 heteroatoms. The molecule has 1 aliphatic rings. The van der Waals surface area contributed by atoms with Gasteiger partial charge in [0.15, 0.2) is 0 Å². The number of nitrogens with one attached hydrogen (secondary N) is 1. The van der Waals surface area contributed by atoms with E-state index in [1.165, 1.54) is 10.4 Å². The van der Waals surface area contributed by atoms with Crippen LogP contribution in [0.1, 0.15) is 15.9 Å². The number of carbonyl (C=O) groups excluding carboxylic acids is 1. The van der Waals surface area contributed by atoms with Crippen molar-refractivity contribution in [1.82, 2.24) is 4.31 Å². The number of amides is 1. The van der Waals surface area contributed by atoms with Crippen molar-refractivity contribution >= 4 is 21.8 Å². The van der Waals surface area contributed by atoms with Gasteiger partial charge in [0.05, 0.1) is 24.5 Å². The third-order valence-corrected chi connectivity index (χ3v) is 4.59. The minimum absolute atomic E-state index is 0.154. The van der Waals surface area contributed by atoms with Crippen LogP contribution in [-0.2, 0) is 14.9 Å². The number of ether oxygens (including phenoxy) is 1. The maximum Gasteiger partial charge on any atom is 0.301 e. The monoisotopic (exact) mass is 299 g/mol. The minimum atomic E-state index is -3.72. The van der Waals surface area contributed by atoms with Crippen molar-refractivity contribution in [2.75, 3.05) is 31.0 Å². The minimum Gasteiger partial charge on any atom is -0.379 e. The Balaban J connectivity index is 2.31. The van der Waals surface area contributed by atoms with E-state index in [-0.39, 0.29) is 24.3 Å². The summed E-state index contributed by atoms with van der Waals surface area (Å²) < 4.78 is 33.4. The number of rotatable bonds is 4. The van der Waals surface area contributed by atoms with E-state index in [4.69, 9.17) is 10.5 Å². The Morgan fingerprint density at radius 2 is 2.00 bits per heavy atom. The van der Waals surface area contributed by atoms with E-state index in [1.54, 1.807) is 19.1 Å². The van der Waals surface area contributed by atoms with E-state index in [2.05, 4.69) is 4.72 Å². The predicted molar refractivity (Wildman–Crippen MR) is 74.6 cm³/mol. The molecule has 0 aromatic heterocycles. The normalized spacial score (nSPS) is 16.9. The van der Waals surface area contributed by atoms with Crippen LogP contribution in [0.15, 0.2) is 18.2 Å². The second-order valence-electron chi connectivity index (χ2n) is 4.48. The van der Waals surface area contributed by atoms with Crippen LogP contribution in [0.5, 0.6) is 0 Å². The van der Waals surface area contributed by atoms with Gasteiger partial charge in [0.2, 0.25) is 0 Å². The first-order chi connectivity index (χ1) is 9.42. The third kappa shape index (κ3) is 3.09. The molecular formula is C12H17N3O4S. The molecule has 2 rings (SSSR count). The molecule has 0 aliphatic carbocycles. The molecule has 3 N–H and O–H groups in total. The zero-order chi connectivity index (χ0) is 14.8. The standard InChI is InChI=1S/C12H17N3O4S/c1-9-3-2-4-10(12(13)16)11(9)14-20(17,18)15-5-7-19-8-6-15/h2-4,14H,5-8H2,1H3,(H2,13,16). The van der Waals surface area contributed by atoms with Crippen molar-refractivity contribution in [3.63, 3.8) is 0 Å². The predicted octanol–water partition coefficient (Wildman–Crippen LogP) is 0.0828. The largest absolute Gasteiger partial charge is 0.379 e. The van der Waals surface area contributed by atoms with Crippen LogP contribution in [0.4, 0.5) is 5.69 Å². The van der Waals surface area contributed by atoms with Gasteiger partial charge in [0.25, 0.3) is 5.91 Å². The van der Waals surface area contributed by atoms with Gasteiger partial charge in [-0.2, -0.15) is 12.7 Å². The molecule has 110 valence electrons. The van der Waals surface area contributed by atoms with Crippen LogP contribution in [-0.4, -0.2) is 44.9 Å². The lowest BCUT2D eigenvalue weighted by Gasteiger charge is -2.27. The Kier molecular flexibility index (Phi) is 4.26. The van der Waals surface area contributed by atoms with Gasteiger partial charge in [0.1, 0.15) is 0 Å². The summed E-state index contributed by atoms with van der Waals surface area (Å²) in [5, 5.41) is 0. The molecule has 0 unspecified atom stereocenters. The highest BCUT2D eigenvalue weighted by Crippen LogP contribution is 2.22. The second-order valence-corrected chi connectivity index (χ2v) is 6.15. The second kappa shape index (κ2) is 5.78. The van der Waals surface area contributed by atoms with E-state index in [0.717, 1.165) is 0 Å². The van der Waals surface area contributed by atoms with Gasteiger partial charge < -0.3 is 10.5 Å². The van der Waals surface area contributed by atoms with Crippen LogP contribution in [0.2, 0.25) is 0 Å². The van der Waals surface area contributed by atoms with E-state index in [0.29, 0.717) is 18.8 Å². The maximum absolute atomic E-state index is 12.3. The van der Waals surface area contributed by atoms with Crippen molar-refractivity contribution in [2.24, 2.45) is 5.73 Å². The first-order valence-corrected chi connectivity index (χ1v) is 7.61. The fraction of sp³-hybridized carbons (Fsp3) is 0.417. The number of carbonyl (C=O) groups is 1. The summed E-state index contributed by atoms with van der Waals surface area (Å²) >= 11 is 0. The smallest absolute Gasteiger partial charge is 0.301 e. The number of primary amides is 1. The van der Waals surface area contributed by atoms with E-state index < -0.39 is 16.1 Å². The number of nitrogens with two attached hydrogens (primary N) is 1. The lowest BCUT2D eigenvalue weighted by atomic mass is 10.1. The SMILES string of the molecule is Cc1cccc(C(N)=O)c1NS(=O)(=O)N1CCOCC1. The van der Waals surface area contributed by atoms with Crippen molar-refractivity contribution in [2.45, 2.75) is 6.92 Å². The van der Waals surface area contributed by atoms with Gasteiger partial charge in [-0.1, -0.05) is 12.1 Å². The number of benzene rings is 1. The highest BCUT2D eigenvalue weighted by molar-refractivity contribution is 7.90. The summed E-state index contributed by atoms with van der Waals surface area (Å²) in [5.74, 6) is -0.673. The molecule has 1 heterocycles. The Labute approximate surface area is 117 Å². The van der Waals surface area contributed by atoms with Crippen LogP contribution >= 0.6 is 0 Å². The molecule has 1 aromatic carbocycles. The average Bonchev–Trinajstić information content (AvgIpc) is 2.41. The lowest BCUT2D eigenvalue weighted by molar-refractivity contribution is 0.0733. The third-order valence-electron chi connectivity index (χ3n) is 3.08. The summed E-state index contributed by atoms with van der Waals surface area (Å²) in [6.07, 6.45) is 0. The quantitative estimate of drug-likeness (QED) is 0.822. The van der Waals surface area contributed by atoms with Gasteiger partial charge >= 0.3 is 10.2 Å². The van der Waals surface area contributed by atoms with Gasteiger partial charge in [-0.05, 0) is 18.6 Å². The summed E-state index contributed by atoms with van der Waals surface area (Å²) in [4.78, 5) is 11.4. The molecule has 1 aromatic rings. The first kappa shape index (κ1) is 14.8. The highest BCUT2D eigenvalue weighted by atomic mass is 32.2. The molecule has 1 saturated heterocycles. The number of hydrogen-bond acceptors (Lipinski definition) is 4. The van der Waals surface area contributed by atoms with Gasteiger partial charge in [0, 0.05) is 13.1 Å². The molecule has 0 radical (unpaired) electrons.